The third kappa shape index (κ3) is 55.7. The zero-order valence-electron chi connectivity index (χ0n) is 58.8. The summed E-state index contributed by atoms with van der Waals surface area (Å²) >= 11 is 0. The van der Waals surface area contributed by atoms with Gasteiger partial charge >= 0.3 is 36.3 Å². The van der Waals surface area contributed by atoms with Gasteiger partial charge in [-0.1, -0.05) is 149 Å². The fraction of sp³-hybridized carbons (Fsp3) is 0.541. The first kappa shape index (κ1) is 84.4. The van der Waals surface area contributed by atoms with Crippen molar-refractivity contribution in [1.29, 1.82) is 0 Å². The molecule has 504 valence electrons. The fourth-order valence-electron chi connectivity index (χ4n) is 7.16. The molecular weight excluding hydrogens is 1140 g/mol. The number of hydrogen-bond acceptors (Lipinski definition) is 12. The van der Waals surface area contributed by atoms with Crippen LogP contribution in [-0.4, -0.2) is 97.1 Å². The number of alkyl carbamates (subject to hydrolysis) is 4. The first-order chi connectivity index (χ1) is 41.8. The minimum Gasteiger partial charge on any atom is -0.460 e. The molecule has 0 fully saturated rings. The molecule has 16 heteroatoms. The summed E-state index contributed by atoms with van der Waals surface area (Å²) in [6.45, 7) is 46.1. The number of carbonyl (C=O) groups is 6. The van der Waals surface area contributed by atoms with Crippen molar-refractivity contribution in [3.05, 3.63) is 167 Å². The third-order valence-corrected chi connectivity index (χ3v) is 11.6. The maximum absolute atomic E-state index is 13.0. The van der Waals surface area contributed by atoms with Crippen molar-refractivity contribution in [3.63, 3.8) is 0 Å². The van der Waals surface area contributed by atoms with E-state index in [2.05, 4.69) is 136 Å². The molecular formula is C74H116N4O12. The molecule has 0 aromatic carbocycles. The molecule has 0 aliphatic rings. The zero-order chi connectivity index (χ0) is 68.9. The molecule has 0 aromatic rings. The highest BCUT2D eigenvalue weighted by Gasteiger charge is 2.27. The molecule has 0 rings (SSSR count). The number of unbranched alkanes of at least 4 members (excludes halogenated alkanes) is 2. The lowest BCUT2D eigenvalue weighted by Gasteiger charge is -2.23. The Hall–Kier alpha value is -7.62. The molecule has 0 saturated carbocycles. The predicted molar refractivity (Wildman–Crippen MR) is 370 cm³/mol. The van der Waals surface area contributed by atoms with Crippen LogP contribution in [0, 0.1) is 0 Å². The number of carbonyl (C=O) groups excluding carboxylic acids is 6. The average molecular weight is 1250 g/mol. The van der Waals surface area contributed by atoms with Crippen LogP contribution in [0.15, 0.2) is 167 Å². The van der Waals surface area contributed by atoms with E-state index in [1.807, 2.05) is 57.2 Å². The monoisotopic (exact) mass is 1250 g/mol. The molecule has 2 unspecified atom stereocenters. The van der Waals surface area contributed by atoms with E-state index in [-0.39, 0.29) is 13.2 Å². The van der Waals surface area contributed by atoms with Crippen molar-refractivity contribution in [2.75, 3.05) is 26.3 Å². The van der Waals surface area contributed by atoms with E-state index >= 15 is 0 Å². The van der Waals surface area contributed by atoms with Crippen LogP contribution in [0.2, 0.25) is 0 Å². The predicted octanol–water partition coefficient (Wildman–Crippen LogP) is 18.0. The van der Waals surface area contributed by atoms with Crippen LogP contribution in [0.3, 0.4) is 0 Å². The van der Waals surface area contributed by atoms with Crippen molar-refractivity contribution >= 4 is 36.3 Å². The van der Waals surface area contributed by atoms with Crippen LogP contribution in [0.25, 0.3) is 0 Å². The summed E-state index contributed by atoms with van der Waals surface area (Å²) in [5.74, 6) is -1.05. The Labute approximate surface area is 543 Å². The highest BCUT2D eigenvalue weighted by atomic mass is 16.6. The summed E-state index contributed by atoms with van der Waals surface area (Å²) in [4.78, 5) is 73.9. The smallest absolute Gasteiger partial charge is 0.408 e. The number of hydrogen-bond donors (Lipinski definition) is 4. The van der Waals surface area contributed by atoms with E-state index in [0.29, 0.717) is 51.6 Å². The number of allylic oxidation sites excluding steroid dienone is 24. The lowest BCUT2D eigenvalue weighted by molar-refractivity contribution is -0.146. The summed E-state index contributed by atoms with van der Waals surface area (Å²) in [5.41, 5.74) is 6.28. The Morgan fingerprint density at radius 1 is 0.411 bits per heavy atom. The van der Waals surface area contributed by atoms with Gasteiger partial charge in [-0.05, 0) is 214 Å². The maximum atomic E-state index is 13.0. The number of nitrogens with one attached hydrogen (secondary N) is 4. The number of rotatable bonds is 34. The number of ether oxygens (including phenoxy) is 6. The number of esters is 2. The Balaban J connectivity index is 0. The molecule has 0 heterocycles. The molecule has 4 N–H and O–H groups in total. The van der Waals surface area contributed by atoms with Crippen LogP contribution >= 0.6 is 0 Å². The van der Waals surface area contributed by atoms with Gasteiger partial charge in [0.15, 0.2) is 0 Å². The van der Waals surface area contributed by atoms with Gasteiger partial charge in [0.25, 0.3) is 0 Å². The maximum Gasteiger partial charge on any atom is 0.408 e. The van der Waals surface area contributed by atoms with Gasteiger partial charge in [-0.15, -0.1) is 6.58 Å². The molecule has 0 radical (unpaired) electrons. The van der Waals surface area contributed by atoms with Gasteiger partial charge in [0.05, 0.1) is 0 Å². The standard InChI is InChI=1S/C49H72N2O6.C25H44N2O6/c1-14-15-24-38(2)27-20-28-39(3)25-16-17-26-40(4)29-21-30-41(5)31-22-32-42(6)33-23-34-43(7)37-55-45(52)44(51-47(54)57-49(11,12)13)35-18-19-36-50-46(53)56-48(8,9)10;1-18(2)13-12-14-19(3)17-31-21(28)20(27-23(30)33-25(7,8)9)15-10-11-16-26-22(29)32-24(4,5)6/h14-17,20-22,24-32,34,44H,1,18-19,23,33,35-37H2,2-13H3,(H,50,53)(H,51,54);14,20H,1,10-13,15-17H2,2-9H3,(H,26,29)(H,27,30)/b17-16+,24-15+,28-20+,29-21+,31-22+,38-27+,39-25+,40-26+,41-30+,42-32+,43-34+;19-14+. The van der Waals surface area contributed by atoms with Gasteiger partial charge in [0.1, 0.15) is 47.7 Å². The van der Waals surface area contributed by atoms with E-state index in [1.165, 1.54) is 16.7 Å². The van der Waals surface area contributed by atoms with Gasteiger partial charge in [-0.3, -0.25) is 0 Å². The number of amides is 4. The Kier molecular flexibility index (Phi) is 43.6. The molecule has 0 spiro atoms. The molecule has 0 aromatic heterocycles. The van der Waals surface area contributed by atoms with E-state index in [9.17, 15) is 28.8 Å². The third-order valence-electron chi connectivity index (χ3n) is 11.6. The lowest BCUT2D eigenvalue weighted by atomic mass is 10.1. The second-order valence-corrected chi connectivity index (χ2v) is 26.3. The van der Waals surface area contributed by atoms with E-state index in [1.54, 1.807) is 89.2 Å². The van der Waals surface area contributed by atoms with E-state index in [0.717, 1.165) is 53.5 Å². The van der Waals surface area contributed by atoms with Crippen molar-refractivity contribution in [3.8, 4) is 0 Å². The van der Waals surface area contributed by atoms with Crippen molar-refractivity contribution in [1.82, 2.24) is 21.3 Å². The van der Waals surface area contributed by atoms with Crippen LogP contribution < -0.4 is 21.3 Å². The molecule has 90 heavy (non-hydrogen) atoms. The largest absolute Gasteiger partial charge is 0.460 e. The average Bonchev–Trinajstić information content (AvgIpc) is 3.47. The van der Waals surface area contributed by atoms with Crippen LogP contribution in [0.5, 0.6) is 0 Å². The van der Waals surface area contributed by atoms with Crippen molar-refractivity contribution < 1.29 is 57.2 Å². The second kappa shape index (κ2) is 46.5. The first-order valence-corrected chi connectivity index (χ1v) is 31.4. The zero-order valence-corrected chi connectivity index (χ0v) is 58.8. The Morgan fingerprint density at radius 2 is 0.733 bits per heavy atom. The minimum absolute atomic E-state index is 0.123. The molecule has 2 atom stereocenters. The quantitative estimate of drug-likeness (QED) is 0.0156. The van der Waals surface area contributed by atoms with Crippen LogP contribution in [0.1, 0.15) is 203 Å². The Bertz CT molecular complexity index is 2640. The summed E-state index contributed by atoms with van der Waals surface area (Å²) < 4.78 is 32.1. The van der Waals surface area contributed by atoms with Gasteiger partial charge in [-0.2, -0.15) is 0 Å². The summed E-state index contributed by atoms with van der Waals surface area (Å²) in [5, 5.41) is 10.6. The van der Waals surface area contributed by atoms with E-state index < -0.39 is 70.8 Å². The molecule has 0 aliphatic carbocycles. The van der Waals surface area contributed by atoms with Crippen LogP contribution in [0.4, 0.5) is 19.2 Å². The minimum atomic E-state index is -0.879. The molecule has 16 nitrogen and oxygen atoms in total. The first-order valence-electron chi connectivity index (χ1n) is 31.4. The van der Waals surface area contributed by atoms with Gasteiger partial charge in [0, 0.05) is 13.1 Å². The topological polar surface area (TPSA) is 206 Å². The highest BCUT2D eigenvalue weighted by Crippen LogP contribution is 2.15. The fourth-order valence-corrected chi connectivity index (χ4v) is 7.16. The highest BCUT2D eigenvalue weighted by molar-refractivity contribution is 5.82. The van der Waals surface area contributed by atoms with E-state index in [4.69, 9.17) is 28.4 Å². The Morgan fingerprint density at radius 3 is 1.08 bits per heavy atom. The molecule has 0 aliphatic heterocycles. The van der Waals surface area contributed by atoms with Gasteiger partial charge in [-0.25, -0.2) is 28.8 Å². The van der Waals surface area contributed by atoms with Crippen LogP contribution in [-0.2, 0) is 38.0 Å². The van der Waals surface area contributed by atoms with Crippen molar-refractivity contribution in [2.24, 2.45) is 0 Å². The summed E-state index contributed by atoms with van der Waals surface area (Å²) in [6, 6.07) is -1.72. The summed E-state index contributed by atoms with van der Waals surface area (Å²) in [7, 11) is 0. The molecule has 0 saturated heterocycles. The molecule has 0 bridgehead atoms. The second-order valence-electron chi connectivity index (χ2n) is 26.3. The normalized spacial score (nSPS) is 14.2. The molecule has 4 amide bonds. The SMILES string of the molecule is C=C(C)CC/C=C(\C)COC(=O)C(CCCCNC(=O)OC(C)(C)C)NC(=O)OC(C)(C)C.C=C/C=C/C(C)=C/C=C/C(C)=C/C=C/C=C(C)/C=C/C=C(C)/C=C/C=C(\C)CC/C=C(\C)COC(=O)C(CCCCNC(=O)OC(C)(C)C)NC(=O)OC(C)(C)C. The lowest BCUT2D eigenvalue weighted by Crippen LogP contribution is -2.44. The summed E-state index contributed by atoms with van der Waals surface area (Å²) in [6.07, 6.45) is 40.8. The van der Waals surface area contributed by atoms with Gasteiger partial charge < -0.3 is 49.7 Å². The van der Waals surface area contributed by atoms with Gasteiger partial charge in [0.2, 0.25) is 0 Å². The van der Waals surface area contributed by atoms with Crippen molar-refractivity contribution in [2.45, 2.75) is 237 Å².